The monoisotopic (exact) mass is 258 g/mol. The summed E-state index contributed by atoms with van der Waals surface area (Å²) in [7, 11) is 0. The number of rotatable bonds is 3. The average Bonchev–Trinajstić information content (AvgIpc) is 2.01. The third kappa shape index (κ3) is 2.57. The maximum Gasteiger partial charge on any atom is 0.123 e. The molecular formula is C12H16BrF. The molecule has 0 aliphatic carbocycles. The average molecular weight is 259 g/mol. The summed E-state index contributed by atoms with van der Waals surface area (Å²) < 4.78 is 13.0. The van der Waals surface area contributed by atoms with Gasteiger partial charge < -0.3 is 0 Å². The van der Waals surface area contributed by atoms with Crippen molar-refractivity contribution < 1.29 is 4.39 Å². The number of hydrogen-bond donors (Lipinski definition) is 0. The molecule has 0 saturated carbocycles. The first-order valence-electron chi connectivity index (χ1n) is 4.97. The number of aryl methyl sites for hydroxylation is 2. The molecule has 0 bridgehead atoms. The molecule has 0 aliphatic rings. The zero-order valence-electron chi connectivity index (χ0n) is 8.90. The van der Waals surface area contributed by atoms with Crippen LogP contribution in [-0.4, -0.2) is 0 Å². The summed E-state index contributed by atoms with van der Waals surface area (Å²) in [5.74, 6) is -0.139. The normalized spacial score (nSPS) is 12.9. The van der Waals surface area contributed by atoms with E-state index >= 15 is 0 Å². The van der Waals surface area contributed by atoms with Gasteiger partial charge in [-0.25, -0.2) is 4.39 Å². The third-order valence-corrected chi connectivity index (χ3v) is 3.33. The van der Waals surface area contributed by atoms with Crippen molar-refractivity contribution in [2.75, 3.05) is 0 Å². The zero-order valence-corrected chi connectivity index (χ0v) is 10.5. The molecule has 0 amide bonds. The Labute approximate surface area is 93.7 Å². The maximum atomic E-state index is 13.0. The third-order valence-electron chi connectivity index (χ3n) is 2.41. The van der Waals surface area contributed by atoms with Gasteiger partial charge in [0, 0.05) is 4.83 Å². The van der Waals surface area contributed by atoms with Crippen LogP contribution >= 0.6 is 15.9 Å². The van der Waals surface area contributed by atoms with Crippen LogP contribution in [0.15, 0.2) is 12.1 Å². The van der Waals surface area contributed by atoms with E-state index in [2.05, 4.69) is 22.9 Å². The Kier molecular flexibility index (Phi) is 4.11. The Balaban J connectivity index is 3.07. The Bertz CT molecular complexity index is 297. The van der Waals surface area contributed by atoms with E-state index in [1.807, 2.05) is 13.8 Å². The molecule has 1 aromatic rings. The summed E-state index contributed by atoms with van der Waals surface area (Å²) in [5.41, 5.74) is 3.32. The molecule has 0 aromatic heterocycles. The number of benzene rings is 1. The van der Waals surface area contributed by atoms with E-state index < -0.39 is 0 Å². The molecule has 0 N–H and O–H groups in total. The number of halogens is 2. The summed E-state index contributed by atoms with van der Waals surface area (Å²) in [6.07, 6.45) is 2.22. The molecule has 0 heterocycles. The minimum absolute atomic E-state index is 0.139. The summed E-state index contributed by atoms with van der Waals surface area (Å²) >= 11 is 3.65. The predicted octanol–water partition coefficient (Wildman–Crippen LogP) is 4.68. The van der Waals surface area contributed by atoms with E-state index in [4.69, 9.17) is 0 Å². The van der Waals surface area contributed by atoms with Crippen molar-refractivity contribution in [1.29, 1.82) is 0 Å². The van der Waals surface area contributed by atoms with Gasteiger partial charge in [-0.2, -0.15) is 0 Å². The molecule has 2 heteroatoms. The van der Waals surface area contributed by atoms with Gasteiger partial charge in [-0.3, -0.25) is 0 Å². The lowest BCUT2D eigenvalue weighted by atomic mass is 9.98. The Morgan fingerprint density at radius 3 is 2.21 bits per heavy atom. The van der Waals surface area contributed by atoms with Gasteiger partial charge in [-0.1, -0.05) is 29.3 Å². The smallest absolute Gasteiger partial charge is 0.123 e. The second-order valence-corrected chi connectivity index (χ2v) is 4.81. The Morgan fingerprint density at radius 2 is 1.79 bits per heavy atom. The van der Waals surface area contributed by atoms with Crippen molar-refractivity contribution in [3.63, 3.8) is 0 Å². The van der Waals surface area contributed by atoms with Gasteiger partial charge in [-0.05, 0) is 49.1 Å². The van der Waals surface area contributed by atoms with Gasteiger partial charge in [0.2, 0.25) is 0 Å². The topological polar surface area (TPSA) is 0 Å². The first-order valence-corrected chi connectivity index (χ1v) is 5.88. The van der Waals surface area contributed by atoms with Crippen LogP contribution in [0.5, 0.6) is 0 Å². The zero-order chi connectivity index (χ0) is 10.7. The van der Waals surface area contributed by atoms with Crippen molar-refractivity contribution in [3.8, 4) is 0 Å². The molecule has 1 aromatic carbocycles. The molecule has 0 nitrogen and oxygen atoms in total. The van der Waals surface area contributed by atoms with Crippen molar-refractivity contribution in [1.82, 2.24) is 0 Å². The van der Waals surface area contributed by atoms with Crippen molar-refractivity contribution in [2.45, 2.75) is 38.4 Å². The molecule has 1 rings (SSSR count). The summed E-state index contributed by atoms with van der Waals surface area (Å²) in [6, 6.07) is 3.21. The van der Waals surface area contributed by atoms with Crippen molar-refractivity contribution in [3.05, 3.63) is 34.6 Å². The van der Waals surface area contributed by atoms with Crippen LogP contribution in [0.1, 0.15) is 41.3 Å². The van der Waals surface area contributed by atoms with Gasteiger partial charge in [0.15, 0.2) is 0 Å². The first-order chi connectivity index (χ1) is 6.56. The Hall–Kier alpha value is -0.370. The SMILES string of the molecule is CCCC(Br)c1c(C)cc(F)cc1C. The van der Waals surface area contributed by atoms with Crippen LogP contribution < -0.4 is 0 Å². The standard InChI is InChI=1S/C12H16BrF/c1-4-5-11(13)12-8(2)6-10(14)7-9(12)3/h6-7,11H,4-5H2,1-3H3. The van der Waals surface area contributed by atoms with E-state index in [0.29, 0.717) is 4.83 Å². The minimum atomic E-state index is -0.139. The van der Waals surface area contributed by atoms with Crippen LogP contribution in [0.2, 0.25) is 0 Å². The van der Waals surface area contributed by atoms with Crippen molar-refractivity contribution in [2.24, 2.45) is 0 Å². The highest BCUT2D eigenvalue weighted by atomic mass is 79.9. The second-order valence-electron chi connectivity index (χ2n) is 3.71. The quantitative estimate of drug-likeness (QED) is 0.691. The fraction of sp³-hybridized carbons (Fsp3) is 0.500. The lowest BCUT2D eigenvalue weighted by Gasteiger charge is -2.15. The van der Waals surface area contributed by atoms with Gasteiger partial charge >= 0.3 is 0 Å². The molecule has 0 spiro atoms. The number of alkyl halides is 1. The summed E-state index contributed by atoms with van der Waals surface area (Å²) in [5, 5.41) is 0. The fourth-order valence-electron chi connectivity index (χ4n) is 1.81. The minimum Gasteiger partial charge on any atom is -0.207 e. The van der Waals surface area contributed by atoms with E-state index in [1.54, 1.807) is 12.1 Å². The molecule has 78 valence electrons. The molecule has 0 radical (unpaired) electrons. The molecule has 0 saturated heterocycles. The highest BCUT2D eigenvalue weighted by Gasteiger charge is 2.13. The fourth-order valence-corrected chi connectivity index (χ4v) is 2.99. The van der Waals surface area contributed by atoms with Gasteiger partial charge in [0.25, 0.3) is 0 Å². The van der Waals surface area contributed by atoms with Crippen molar-refractivity contribution >= 4 is 15.9 Å². The first kappa shape index (κ1) is 11.7. The summed E-state index contributed by atoms with van der Waals surface area (Å²) in [4.78, 5) is 0.355. The van der Waals surface area contributed by atoms with Gasteiger partial charge in [-0.15, -0.1) is 0 Å². The van der Waals surface area contributed by atoms with E-state index in [1.165, 1.54) is 5.56 Å². The highest BCUT2D eigenvalue weighted by Crippen LogP contribution is 2.32. The van der Waals surface area contributed by atoms with Crippen LogP contribution in [0.25, 0.3) is 0 Å². The lowest BCUT2D eigenvalue weighted by molar-refractivity contribution is 0.623. The molecule has 1 atom stereocenters. The molecular weight excluding hydrogens is 243 g/mol. The van der Waals surface area contributed by atoms with E-state index in [9.17, 15) is 4.39 Å². The lowest BCUT2D eigenvalue weighted by Crippen LogP contribution is -1.98. The highest BCUT2D eigenvalue weighted by molar-refractivity contribution is 9.09. The molecule has 0 aliphatic heterocycles. The molecule has 0 fully saturated rings. The largest absolute Gasteiger partial charge is 0.207 e. The van der Waals surface area contributed by atoms with Gasteiger partial charge in [0.05, 0.1) is 0 Å². The predicted molar refractivity (Wildman–Crippen MR) is 62.5 cm³/mol. The van der Waals surface area contributed by atoms with Crippen LogP contribution in [-0.2, 0) is 0 Å². The van der Waals surface area contributed by atoms with E-state index in [0.717, 1.165) is 24.0 Å². The number of hydrogen-bond acceptors (Lipinski definition) is 0. The second kappa shape index (κ2) is 4.92. The Morgan fingerprint density at radius 1 is 1.29 bits per heavy atom. The molecule has 14 heavy (non-hydrogen) atoms. The molecule has 1 unspecified atom stereocenters. The van der Waals surface area contributed by atoms with Gasteiger partial charge in [0.1, 0.15) is 5.82 Å². The van der Waals surface area contributed by atoms with Crippen LogP contribution in [0, 0.1) is 19.7 Å². The maximum absolute atomic E-state index is 13.0. The summed E-state index contributed by atoms with van der Waals surface area (Å²) in [6.45, 7) is 6.09. The van der Waals surface area contributed by atoms with Crippen LogP contribution in [0.3, 0.4) is 0 Å². The van der Waals surface area contributed by atoms with E-state index in [-0.39, 0.29) is 5.82 Å². The van der Waals surface area contributed by atoms with Crippen LogP contribution in [0.4, 0.5) is 4.39 Å².